The first kappa shape index (κ1) is 15.4. The molecule has 0 saturated heterocycles. The van der Waals surface area contributed by atoms with E-state index < -0.39 is 0 Å². The van der Waals surface area contributed by atoms with Crippen LogP contribution in [0.3, 0.4) is 0 Å². The van der Waals surface area contributed by atoms with Crippen molar-refractivity contribution in [2.24, 2.45) is 0 Å². The third-order valence-electron chi connectivity index (χ3n) is 3.26. The molecular formula is C14H27N3S. The fourth-order valence-corrected chi connectivity index (χ4v) is 3.03. The van der Waals surface area contributed by atoms with E-state index in [1.54, 1.807) is 0 Å². The third kappa shape index (κ3) is 3.95. The van der Waals surface area contributed by atoms with Crippen molar-refractivity contribution in [2.45, 2.75) is 66.6 Å². The quantitative estimate of drug-likeness (QED) is 0.820. The molecule has 0 saturated carbocycles. The molecule has 0 aliphatic rings. The zero-order valence-electron chi connectivity index (χ0n) is 12.6. The minimum absolute atomic E-state index is 0.520. The van der Waals surface area contributed by atoms with E-state index in [4.69, 9.17) is 4.98 Å². The maximum atomic E-state index is 4.73. The number of anilines is 1. The standard InChI is InChI=1S/C14H27N3S/c1-7-11(5)17(8-2)14-16-12(6)13(18-14)9-15-10(3)4/h10-11,15H,7-9H2,1-6H3. The van der Waals surface area contributed by atoms with Gasteiger partial charge in [0.25, 0.3) is 0 Å². The van der Waals surface area contributed by atoms with Crippen molar-refractivity contribution >= 4 is 16.5 Å². The van der Waals surface area contributed by atoms with Gasteiger partial charge in [0.15, 0.2) is 5.13 Å². The van der Waals surface area contributed by atoms with Crippen molar-refractivity contribution < 1.29 is 0 Å². The van der Waals surface area contributed by atoms with Crippen LogP contribution in [0.4, 0.5) is 5.13 Å². The molecule has 0 bridgehead atoms. The second kappa shape index (κ2) is 7.10. The second-order valence-corrected chi connectivity index (χ2v) is 6.15. The lowest BCUT2D eigenvalue weighted by atomic mass is 10.2. The van der Waals surface area contributed by atoms with Gasteiger partial charge >= 0.3 is 0 Å². The average Bonchev–Trinajstić information content (AvgIpc) is 2.68. The van der Waals surface area contributed by atoms with Crippen LogP contribution in [-0.4, -0.2) is 23.6 Å². The molecule has 1 aromatic heterocycles. The van der Waals surface area contributed by atoms with E-state index in [2.05, 4.69) is 51.8 Å². The Morgan fingerprint density at radius 2 is 1.94 bits per heavy atom. The van der Waals surface area contributed by atoms with Crippen LogP contribution in [0, 0.1) is 6.92 Å². The summed E-state index contributed by atoms with van der Waals surface area (Å²) in [6.45, 7) is 15.1. The molecule has 0 aliphatic carbocycles. The van der Waals surface area contributed by atoms with Crippen LogP contribution in [0.5, 0.6) is 0 Å². The number of nitrogens with zero attached hydrogens (tertiary/aromatic N) is 2. The first-order valence-corrected chi connectivity index (χ1v) is 7.77. The van der Waals surface area contributed by atoms with E-state index in [9.17, 15) is 0 Å². The van der Waals surface area contributed by atoms with Crippen molar-refractivity contribution in [3.63, 3.8) is 0 Å². The largest absolute Gasteiger partial charge is 0.346 e. The average molecular weight is 269 g/mol. The molecule has 1 N–H and O–H groups in total. The summed E-state index contributed by atoms with van der Waals surface area (Å²) in [5.41, 5.74) is 1.17. The highest BCUT2D eigenvalue weighted by atomic mass is 32.1. The van der Waals surface area contributed by atoms with Gasteiger partial charge in [0.1, 0.15) is 0 Å². The van der Waals surface area contributed by atoms with Gasteiger partial charge in [-0.25, -0.2) is 4.98 Å². The van der Waals surface area contributed by atoms with Crippen LogP contribution >= 0.6 is 11.3 Å². The number of hydrogen-bond acceptors (Lipinski definition) is 4. The smallest absolute Gasteiger partial charge is 0.186 e. The summed E-state index contributed by atoms with van der Waals surface area (Å²) in [5, 5.41) is 4.64. The van der Waals surface area contributed by atoms with Crippen LogP contribution in [0.2, 0.25) is 0 Å². The minimum Gasteiger partial charge on any atom is -0.346 e. The SMILES string of the molecule is CCC(C)N(CC)c1nc(C)c(CNC(C)C)s1. The lowest BCUT2D eigenvalue weighted by molar-refractivity contribution is 0.591. The van der Waals surface area contributed by atoms with Crippen molar-refractivity contribution in [3.05, 3.63) is 10.6 Å². The summed E-state index contributed by atoms with van der Waals surface area (Å²) in [5.74, 6) is 0. The first-order chi connectivity index (χ1) is 8.49. The number of nitrogens with one attached hydrogen (secondary N) is 1. The van der Waals surface area contributed by atoms with Crippen LogP contribution < -0.4 is 10.2 Å². The summed E-state index contributed by atoms with van der Waals surface area (Å²) < 4.78 is 0. The maximum absolute atomic E-state index is 4.73. The molecule has 1 atom stereocenters. The van der Waals surface area contributed by atoms with Gasteiger partial charge in [-0.15, -0.1) is 11.3 Å². The second-order valence-electron chi connectivity index (χ2n) is 5.08. The van der Waals surface area contributed by atoms with E-state index in [0.717, 1.165) is 19.5 Å². The van der Waals surface area contributed by atoms with Gasteiger partial charge in [0.05, 0.1) is 5.69 Å². The molecule has 1 rings (SSSR count). The van der Waals surface area contributed by atoms with Gasteiger partial charge in [0.2, 0.25) is 0 Å². The van der Waals surface area contributed by atoms with Gasteiger partial charge in [-0.2, -0.15) is 0 Å². The molecule has 1 aromatic rings. The Labute approximate surface area is 116 Å². The van der Waals surface area contributed by atoms with Gasteiger partial charge in [-0.05, 0) is 27.2 Å². The molecule has 0 amide bonds. The Morgan fingerprint density at radius 3 is 2.44 bits per heavy atom. The lowest BCUT2D eigenvalue weighted by Crippen LogP contribution is -2.32. The fourth-order valence-electron chi connectivity index (χ4n) is 1.85. The molecule has 18 heavy (non-hydrogen) atoms. The van der Waals surface area contributed by atoms with E-state index in [1.807, 2.05) is 11.3 Å². The molecule has 0 radical (unpaired) electrons. The molecule has 0 fully saturated rings. The van der Waals surface area contributed by atoms with Crippen molar-refractivity contribution in [1.29, 1.82) is 0 Å². The van der Waals surface area contributed by atoms with Crippen molar-refractivity contribution in [3.8, 4) is 0 Å². The van der Waals surface area contributed by atoms with E-state index in [-0.39, 0.29) is 0 Å². The molecule has 4 heteroatoms. The van der Waals surface area contributed by atoms with Crippen molar-refractivity contribution in [2.75, 3.05) is 11.4 Å². The molecule has 3 nitrogen and oxygen atoms in total. The fraction of sp³-hybridized carbons (Fsp3) is 0.786. The molecular weight excluding hydrogens is 242 g/mol. The highest BCUT2D eigenvalue weighted by Gasteiger charge is 2.16. The first-order valence-electron chi connectivity index (χ1n) is 6.95. The summed E-state index contributed by atoms with van der Waals surface area (Å²) in [6, 6.07) is 1.08. The topological polar surface area (TPSA) is 28.2 Å². The maximum Gasteiger partial charge on any atom is 0.186 e. The van der Waals surface area contributed by atoms with Crippen LogP contribution in [0.15, 0.2) is 0 Å². The van der Waals surface area contributed by atoms with E-state index >= 15 is 0 Å². The van der Waals surface area contributed by atoms with Crippen LogP contribution in [0.1, 0.15) is 51.6 Å². The highest BCUT2D eigenvalue weighted by molar-refractivity contribution is 7.15. The molecule has 0 aliphatic heterocycles. The van der Waals surface area contributed by atoms with Crippen LogP contribution in [0.25, 0.3) is 0 Å². The Morgan fingerprint density at radius 1 is 1.28 bits per heavy atom. The van der Waals surface area contributed by atoms with E-state index in [0.29, 0.717) is 12.1 Å². The predicted octanol–water partition coefficient (Wildman–Crippen LogP) is 3.57. The summed E-state index contributed by atoms with van der Waals surface area (Å²) in [6.07, 6.45) is 1.16. The molecule has 0 aromatic carbocycles. The number of aromatic nitrogens is 1. The van der Waals surface area contributed by atoms with Gasteiger partial charge in [-0.1, -0.05) is 20.8 Å². The van der Waals surface area contributed by atoms with E-state index in [1.165, 1.54) is 15.7 Å². The monoisotopic (exact) mass is 269 g/mol. The van der Waals surface area contributed by atoms with Crippen LogP contribution in [-0.2, 0) is 6.54 Å². The Kier molecular flexibility index (Phi) is 6.09. The predicted molar refractivity (Wildman–Crippen MR) is 81.6 cm³/mol. The third-order valence-corrected chi connectivity index (χ3v) is 4.46. The normalized spacial score (nSPS) is 13.1. The number of hydrogen-bond donors (Lipinski definition) is 1. The number of thiazole rings is 1. The molecule has 0 spiro atoms. The lowest BCUT2D eigenvalue weighted by Gasteiger charge is -2.26. The van der Waals surface area contributed by atoms with Gasteiger partial charge in [-0.3, -0.25) is 0 Å². The Balaban J connectivity index is 2.81. The Hall–Kier alpha value is -0.610. The van der Waals surface area contributed by atoms with Gasteiger partial charge < -0.3 is 10.2 Å². The zero-order valence-corrected chi connectivity index (χ0v) is 13.4. The van der Waals surface area contributed by atoms with Crippen molar-refractivity contribution in [1.82, 2.24) is 10.3 Å². The molecule has 1 heterocycles. The summed E-state index contributed by atoms with van der Waals surface area (Å²) in [4.78, 5) is 8.49. The summed E-state index contributed by atoms with van der Waals surface area (Å²) in [7, 11) is 0. The Bertz CT molecular complexity index is 360. The minimum atomic E-state index is 0.520. The number of aryl methyl sites for hydroxylation is 1. The number of rotatable bonds is 7. The molecule has 104 valence electrons. The van der Waals surface area contributed by atoms with Gasteiger partial charge in [0, 0.05) is 30.1 Å². The summed E-state index contributed by atoms with van der Waals surface area (Å²) >= 11 is 1.83. The molecule has 1 unspecified atom stereocenters. The highest BCUT2D eigenvalue weighted by Crippen LogP contribution is 2.27. The zero-order chi connectivity index (χ0) is 13.7.